The van der Waals surface area contributed by atoms with E-state index in [0.29, 0.717) is 0 Å². The van der Waals surface area contributed by atoms with Gasteiger partial charge in [-0.05, 0) is 30.7 Å². The summed E-state index contributed by atoms with van der Waals surface area (Å²) in [5.41, 5.74) is 2.49. The average Bonchev–Trinajstić information content (AvgIpc) is 2.75. The summed E-state index contributed by atoms with van der Waals surface area (Å²) in [5.74, 6) is 1.81. The van der Waals surface area contributed by atoms with Crippen LogP contribution in [0.2, 0.25) is 0 Å². The molecule has 2 rings (SSSR count). The Morgan fingerprint density at radius 3 is 3.11 bits per heavy atom. The number of ether oxygens (including phenoxy) is 1. The third kappa shape index (κ3) is 3.80. The normalized spacial score (nSPS) is 15.2. The maximum Gasteiger partial charge on any atom is 0.127 e. The third-order valence-corrected chi connectivity index (χ3v) is 4.25. The summed E-state index contributed by atoms with van der Waals surface area (Å²) >= 11 is 3.53. The molecule has 1 unspecified atom stereocenters. The summed E-state index contributed by atoms with van der Waals surface area (Å²) in [6.07, 6.45) is 3.69. The van der Waals surface area contributed by atoms with E-state index in [-0.39, 0.29) is 0 Å². The van der Waals surface area contributed by atoms with Crippen LogP contribution in [0, 0.1) is 0 Å². The van der Waals surface area contributed by atoms with Gasteiger partial charge in [0.2, 0.25) is 0 Å². The molecule has 3 nitrogen and oxygen atoms in total. The zero-order valence-corrected chi connectivity index (χ0v) is 12.9. The van der Waals surface area contributed by atoms with Gasteiger partial charge in [0.1, 0.15) is 5.75 Å². The minimum absolute atomic E-state index is 0.689. The van der Waals surface area contributed by atoms with E-state index in [0.717, 1.165) is 48.5 Å². The molecular weight excluding hydrogens is 314 g/mol. The smallest absolute Gasteiger partial charge is 0.127 e. The lowest BCUT2D eigenvalue weighted by Gasteiger charge is -2.10. The van der Waals surface area contributed by atoms with Gasteiger partial charge in [-0.15, -0.1) is 0 Å². The van der Waals surface area contributed by atoms with Crippen LogP contribution in [0.5, 0.6) is 5.75 Å². The Labute approximate surface area is 119 Å². The third-order valence-electron chi connectivity index (χ3n) is 2.93. The fraction of sp³-hybridized carbons (Fsp3) is 0.538. The molecule has 0 bridgehead atoms. The highest BCUT2D eigenvalue weighted by atomic mass is 79.9. The highest BCUT2D eigenvalue weighted by molar-refractivity contribution is 9.10. The topological polar surface area (TPSA) is 38.3 Å². The van der Waals surface area contributed by atoms with Crippen LogP contribution in [0.3, 0.4) is 0 Å². The summed E-state index contributed by atoms with van der Waals surface area (Å²) in [6.45, 7) is 2.48. The molecule has 0 saturated carbocycles. The Bertz CT molecular complexity index is 451. The second kappa shape index (κ2) is 6.68. The number of halogens is 1. The summed E-state index contributed by atoms with van der Waals surface area (Å²) in [7, 11) is -0.689. The van der Waals surface area contributed by atoms with Gasteiger partial charge < -0.3 is 10.1 Å². The Hall–Kier alpha value is -0.390. The van der Waals surface area contributed by atoms with E-state index < -0.39 is 10.8 Å². The zero-order chi connectivity index (χ0) is 13.0. The second-order valence-corrected chi connectivity index (χ2v) is 6.93. The summed E-state index contributed by atoms with van der Waals surface area (Å²) < 4.78 is 17.7. The molecule has 1 aromatic carbocycles. The van der Waals surface area contributed by atoms with Crippen LogP contribution >= 0.6 is 15.9 Å². The largest absolute Gasteiger partial charge is 0.493 e. The van der Waals surface area contributed by atoms with E-state index in [1.54, 1.807) is 6.26 Å². The predicted molar refractivity (Wildman–Crippen MR) is 78.6 cm³/mol. The van der Waals surface area contributed by atoms with E-state index >= 15 is 0 Å². The minimum atomic E-state index is -0.689. The lowest BCUT2D eigenvalue weighted by molar-refractivity contribution is 0.352. The monoisotopic (exact) mass is 331 g/mol. The first kappa shape index (κ1) is 14.0. The van der Waals surface area contributed by atoms with Crippen molar-refractivity contribution >= 4 is 26.7 Å². The van der Waals surface area contributed by atoms with Crippen molar-refractivity contribution in [2.24, 2.45) is 0 Å². The first-order chi connectivity index (χ1) is 8.66. The molecule has 0 spiro atoms. The number of nitrogens with one attached hydrogen (secondary N) is 1. The first-order valence-electron chi connectivity index (χ1n) is 6.11. The number of hydrogen-bond donors (Lipinski definition) is 1. The van der Waals surface area contributed by atoms with Crippen molar-refractivity contribution in [3.63, 3.8) is 0 Å². The molecule has 0 radical (unpaired) electrons. The average molecular weight is 332 g/mol. The molecule has 1 aromatic rings. The Balaban J connectivity index is 1.88. The highest BCUT2D eigenvalue weighted by Crippen LogP contribution is 2.32. The van der Waals surface area contributed by atoms with E-state index in [2.05, 4.69) is 33.4 Å². The Morgan fingerprint density at radius 2 is 2.33 bits per heavy atom. The van der Waals surface area contributed by atoms with Crippen LogP contribution in [0.25, 0.3) is 0 Å². The minimum Gasteiger partial charge on any atom is -0.493 e. The maximum absolute atomic E-state index is 10.9. The first-order valence-corrected chi connectivity index (χ1v) is 8.63. The molecule has 1 N–H and O–H groups in total. The molecule has 0 aromatic heterocycles. The fourth-order valence-electron chi connectivity index (χ4n) is 2.10. The molecule has 18 heavy (non-hydrogen) atoms. The van der Waals surface area contributed by atoms with Crippen molar-refractivity contribution in [1.29, 1.82) is 0 Å². The highest BCUT2D eigenvalue weighted by Gasteiger charge is 2.16. The van der Waals surface area contributed by atoms with Crippen LogP contribution in [-0.2, 0) is 23.8 Å². The molecule has 1 atom stereocenters. The van der Waals surface area contributed by atoms with Crippen molar-refractivity contribution in [3.05, 3.63) is 27.7 Å². The van der Waals surface area contributed by atoms with E-state index in [9.17, 15) is 4.21 Å². The fourth-order valence-corrected chi connectivity index (χ4v) is 3.20. The SMILES string of the molecule is CS(=O)CCCNCc1cc(Br)cc2c1OCC2. The van der Waals surface area contributed by atoms with E-state index in [4.69, 9.17) is 4.74 Å². The van der Waals surface area contributed by atoms with Crippen LogP contribution in [-0.4, -0.2) is 29.4 Å². The van der Waals surface area contributed by atoms with Gasteiger partial charge in [-0.2, -0.15) is 0 Å². The second-order valence-electron chi connectivity index (χ2n) is 4.46. The molecule has 0 aliphatic carbocycles. The van der Waals surface area contributed by atoms with Crippen molar-refractivity contribution in [2.75, 3.05) is 25.2 Å². The van der Waals surface area contributed by atoms with Gasteiger partial charge in [-0.3, -0.25) is 4.21 Å². The predicted octanol–water partition coefficient (Wildman–Crippen LogP) is 2.24. The van der Waals surface area contributed by atoms with Gasteiger partial charge in [0, 0.05) is 45.8 Å². The van der Waals surface area contributed by atoms with Crippen LogP contribution in [0.15, 0.2) is 16.6 Å². The zero-order valence-electron chi connectivity index (χ0n) is 10.5. The molecule has 0 fully saturated rings. The summed E-state index contributed by atoms with van der Waals surface area (Å²) in [5, 5.41) is 3.38. The number of benzene rings is 1. The van der Waals surface area contributed by atoms with Gasteiger partial charge in [-0.1, -0.05) is 15.9 Å². The van der Waals surface area contributed by atoms with Crippen molar-refractivity contribution in [2.45, 2.75) is 19.4 Å². The van der Waals surface area contributed by atoms with Crippen molar-refractivity contribution < 1.29 is 8.95 Å². The molecule has 0 saturated heterocycles. The van der Waals surface area contributed by atoms with Crippen LogP contribution in [0.4, 0.5) is 0 Å². The van der Waals surface area contributed by atoms with Gasteiger partial charge in [0.05, 0.1) is 6.61 Å². The maximum atomic E-state index is 10.9. The quantitative estimate of drug-likeness (QED) is 0.812. The van der Waals surface area contributed by atoms with E-state index in [1.165, 1.54) is 11.1 Å². The van der Waals surface area contributed by atoms with Gasteiger partial charge in [0.15, 0.2) is 0 Å². The standard InChI is InChI=1S/C13H18BrNO2S/c1-18(16)6-2-4-15-9-11-8-12(14)7-10-3-5-17-13(10)11/h7-8,15H,2-6,9H2,1H3. The van der Waals surface area contributed by atoms with Gasteiger partial charge in [0.25, 0.3) is 0 Å². The van der Waals surface area contributed by atoms with Crippen molar-refractivity contribution in [1.82, 2.24) is 5.32 Å². The number of hydrogen-bond acceptors (Lipinski definition) is 3. The van der Waals surface area contributed by atoms with Crippen molar-refractivity contribution in [3.8, 4) is 5.75 Å². The molecule has 0 amide bonds. The Kier molecular flexibility index (Phi) is 5.21. The van der Waals surface area contributed by atoms with Crippen LogP contribution < -0.4 is 10.1 Å². The molecular formula is C13H18BrNO2S. The lowest BCUT2D eigenvalue weighted by Crippen LogP contribution is -2.17. The number of rotatable bonds is 6. The molecule has 1 aliphatic rings. The van der Waals surface area contributed by atoms with E-state index in [1.807, 2.05) is 0 Å². The molecule has 1 aliphatic heterocycles. The molecule has 1 heterocycles. The molecule has 5 heteroatoms. The lowest BCUT2D eigenvalue weighted by atomic mass is 10.1. The molecule has 100 valence electrons. The summed E-state index contributed by atoms with van der Waals surface area (Å²) in [6, 6.07) is 4.24. The summed E-state index contributed by atoms with van der Waals surface area (Å²) in [4.78, 5) is 0. The Morgan fingerprint density at radius 1 is 1.50 bits per heavy atom. The number of fused-ring (bicyclic) bond motifs is 1. The van der Waals surface area contributed by atoms with Gasteiger partial charge in [-0.25, -0.2) is 0 Å². The van der Waals surface area contributed by atoms with Gasteiger partial charge >= 0.3 is 0 Å². The van der Waals surface area contributed by atoms with Crippen LogP contribution in [0.1, 0.15) is 17.5 Å².